The number of benzene rings is 1. The molecule has 3 nitrogen and oxygen atoms in total. The molecule has 2 aromatic rings. The molecule has 0 spiro atoms. The lowest BCUT2D eigenvalue weighted by Gasteiger charge is -2.18. The van der Waals surface area contributed by atoms with Gasteiger partial charge in [-0.2, -0.15) is 0 Å². The lowest BCUT2D eigenvalue weighted by Crippen LogP contribution is -2.23. The number of fused-ring (bicyclic) bond motifs is 1. The molecule has 1 aliphatic heterocycles. The Bertz CT molecular complexity index is 624. The second kappa shape index (κ2) is 6.39. The highest BCUT2D eigenvalue weighted by Crippen LogP contribution is 2.21. The van der Waals surface area contributed by atoms with E-state index in [1.807, 2.05) is 24.4 Å². The average Bonchev–Trinajstić information content (AvgIpc) is 2.85. The van der Waals surface area contributed by atoms with Crippen molar-refractivity contribution in [2.75, 3.05) is 11.9 Å². The summed E-state index contributed by atoms with van der Waals surface area (Å²) < 4.78 is 0. The van der Waals surface area contributed by atoms with Crippen molar-refractivity contribution in [2.24, 2.45) is 0 Å². The largest absolute Gasteiger partial charge is 0.321 e. The van der Waals surface area contributed by atoms with Crippen LogP contribution in [0.2, 0.25) is 0 Å². The lowest BCUT2D eigenvalue weighted by molar-refractivity contribution is 0.103. The molecule has 3 rings (SSSR count). The Balaban J connectivity index is 0.00000147. The maximum absolute atomic E-state index is 12.1. The molecule has 2 N–H and O–H groups in total. The Hall–Kier alpha value is -1.36. The first-order chi connectivity index (χ1) is 9.24. The number of hydrogen-bond acceptors (Lipinski definition) is 3. The van der Waals surface area contributed by atoms with Crippen molar-refractivity contribution in [3.05, 3.63) is 51.2 Å². The van der Waals surface area contributed by atoms with E-state index >= 15 is 0 Å². The van der Waals surface area contributed by atoms with Gasteiger partial charge in [0.1, 0.15) is 0 Å². The van der Waals surface area contributed by atoms with Crippen LogP contribution in [0.3, 0.4) is 0 Å². The van der Waals surface area contributed by atoms with Crippen LogP contribution in [0.25, 0.3) is 0 Å². The zero-order valence-electron chi connectivity index (χ0n) is 11.2. The van der Waals surface area contributed by atoms with E-state index in [0.29, 0.717) is 0 Å². The summed E-state index contributed by atoms with van der Waals surface area (Å²) in [6, 6.07) is 8.15. The normalized spacial score (nSPS) is 13.2. The minimum Gasteiger partial charge on any atom is -0.321 e. The molecule has 1 aromatic heterocycles. The third-order valence-electron chi connectivity index (χ3n) is 3.42. The number of hydrogen-bond donors (Lipinski definition) is 2. The Labute approximate surface area is 128 Å². The molecule has 5 heteroatoms. The van der Waals surface area contributed by atoms with Crippen LogP contribution in [0.4, 0.5) is 5.69 Å². The number of carbonyl (C=O) groups is 1. The number of rotatable bonds is 2. The van der Waals surface area contributed by atoms with Crippen molar-refractivity contribution in [1.29, 1.82) is 0 Å². The van der Waals surface area contributed by atoms with E-state index in [1.54, 1.807) is 0 Å². The quantitative estimate of drug-likeness (QED) is 0.893. The predicted molar refractivity (Wildman–Crippen MR) is 86.1 cm³/mol. The molecule has 0 radical (unpaired) electrons. The van der Waals surface area contributed by atoms with Crippen LogP contribution >= 0.6 is 23.7 Å². The smallest absolute Gasteiger partial charge is 0.265 e. The van der Waals surface area contributed by atoms with E-state index in [-0.39, 0.29) is 18.3 Å². The molecule has 0 saturated heterocycles. The molecule has 2 heterocycles. The molecule has 106 valence electrons. The van der Waals surface area contributed by atoms with Crippen LogP contribution in [0, 0.1) is 6.92 Å². The van der Waals surface area contributed by atoms with Gasteiger partial charge in [-0.05, 0) is 60.2 Å². The standard InChI is InChI=1S/C15H16N2OS.ClH/c1-10-5-7-19-14(10)15(18)17-13-3-2-11-4-6-16-9-12(11)8-13;/h2-3,5,7-8,16H,4,6,9H2,1H3,(H,17,18);1H. The van der Waals surface area contributed by atoms with Crippen molar-refractivity contribution in [1.82, 2.24) is 5.32 Å². The number of anilines is 1. The number of amides is 1. The second-order valence-corrected chi connectivity index (χ2v) is 5.71. The zero-order chi connectivity index (χ0) is 13.2. The maximum Gasteiger partial charge on any atom is 0.265 e. The SMILES string of the molecule is Cc1ccsc1C(=O)Nc1ccc2c(c1)CNCC2.Cl. The number of halogens is 1. The third-order valence-corrected chi connectivity index (χ3v) is 4.43. The van der Waals surface area contributed by atoms with Crippen molar-refractivity contribution in [2.45, 2.75) is 19.9 Å². The van der Waals surface area contributed by atoms with Gasteiger partial charge >= 0.3 is 0 Å². The van der Waals surface area contributed by atoms with Gasteiger partial charge in [0, 0.05) is 12.2 Å². The van der Waals surface area contributed by atoms with Crippen LogP contribution < -0.4 is 10.6 Å². The molecule has 0 bridgehead atoms. The van der Waals surface area contributed by atoms with Crippen molar-refractivity contribution in [3.63, 3.8) is 0 Å². The fourth-order valence-electron chi connectivity index (χ4n) is 2.35. The Morgan fingerprint density at radius 2 is 2.15 bits per heavy atom. The monoisotopic (exact) mass is 308 g/mol. The van der Waals surface area contributed by atoms with Gasteiger partial charge in [0.25, 0.3) is 5.91 Å². The first-order valence-electron chi connectivity index (χ1n) is 6.42. The van der Waals surface area contributed by atoms with Crippen molar-refractivity contribution >= 4 is 35.3 Å². The molecule has 1 aromatic carbocycles. The summed E-state index contributed by atoms with van der Waals surface area (Å²) in [4.78, 5) is 12.9. The predicted octanol–water partition coefficient (Wildman–Crippen LogP) is 3.38. The van der Waals surface area contributed by atoms with E-state index < -0.39 is 0 Å². The molecule has 0 atom stereocenters. The van der Waals surface area contributed by atoms with Crippen molar-refractivity contribution in [3.8, 4) is 0 Å². The Kier molecular flexibility index (Phi) is 4.81. The van der Waals surface area contributed by atoms with E-state index in [2.05, 4.69) is 22.8 Å². The van der Waals surface area contributed by atoms with Crippen molar-refractivity contribution < 1.29 is 4.79 Å². The third kappa shape index (κ3) is 3.03. The van der Waals surface area contributed by atoms with Crippen LogP contribution in [0.1, 0.15) is 26.4 Å². The van der Waals surface area contributed by atoms with Gasteiger partial charge in [-0.1, -0.05) is 6.07 Å². The molecule has 0 saturated carbocycles. The number of nitrogens with one attached hydrogen (secondary N) is 2. The highest BCUT2D eigenvalue weighted by Gasteiger charge is 2.13. The summed E-state index contributed by atoms with van der Waals surface area (Å²) in [6.45, 7) is 3.88. The lowest BCUT2D eigenvalue weighted by atomic mass is 10.0. The van der Waals surface area contributed by atoms with Gasteiger partial charge in [-0.25, -0.2) is 0 Å². The molecule has 0 fully saturated rings. The topological polar surface area (TPSA) is 41.1 Å². The summed E-state index contributed by atoms with van der Waals surface area (Å²) in [5.74, 6) is -0.0174. The zero-order valence-corrected chi connectivity index (χ0v) is 12.9. The van der Waals surface area contributed by atoms with Gasteiger partial charge in [0.15, 0.2) is 0 Å². The van der Waals surface area contributed by atoms with Gasteiger partial charge in [-0.15, -0.1) is 23.7 Å². The summed E-state index contributed by atoms with van der Waals surface area (Å²) >= 11 is 1.48. The maximum atomic E-state index is 12.1. The average molecular weight is 309 g/mol. The first-order valence-corrected chi connectivity index (χ1v) is 7.30. The first kappa shape index (κ1) is 15.0. The summed E-state index contributed by atoms with van der Waals surface area (Å²) in [6.07, 6.45) is 1.06. The molecule has 0 aliphatic carbocycles. The van der Waals surface area contributed by atoms with Crippen LogP contribution in [0.5, 0.6) is 0 Å². The molecular formula is C15H17ClN2OS. The Morgan fingerprint density at radius 1 is 1.30 bits per heavy atom. The van der Waals surface area contributed by atoms with E-state index in [1.165, 1.54) is 22.5 Å². The van der Waals surface area contributed by atoms with Gasteiger partial charge in [-0.3, -0.25) is 4.79 Å². The fraction of sp³-hybridized carbons (Fsp3) is 0.267. The molecule has 0 unspecified atom stereocenters. The fourth-order valence-corrected chi connectivity index (χ4v) is 3.17. The van der Waals surface area contributed by atoms with Crippen LogP contribution in [-0.4, -0.2) is 12.5 Å². The van der Waals surface area contributed by atoms with Gasteiger partial charge in [0.2, 0.25) is 0 Å². The highest BCUT2D eigenvalue weighted by atomic mass is 35.5. The van der Waals surface area contributed by atoms with Gasteiger partial charge in [0.05, 0.1) is 4.88 Å². The molecule has 20 heavy (non-hydrogen) atoms. The molecular weight excluding hydrogens is 292 g/mol. The van der Waals surface area contributed by atoms with E-state index in [4.69, 9.17) is 0 Å². The number of carbonyl (C=O) groups excluding carboxylic acids is 1. The van der Waals surface area contributed by atoms with Crippen LogP contribution in [-0.2, 0) is 13.0 Å². The van der Waals surface area contributed by atoms with E-state index in [0.717, 1.165) is 35.6 Å². The van der Waals surface area contributed by atoms with Gasteiger partial charge < -0.3 is 10.6 Å². The Morgan fingerprint density at radius 3 is 2.90 bits per heavy atom. The number of aryl methyl sites for hydroxylation is 1. The molecule has 1 aliphatic rings. The second-order valence-electron chi connectivity index (χ2n) is 4.80. The molecule has 1 amide bonds. The highest BCUT2D eigenvalue weighted by molar-refractivity contribution is 7.12. The summed E-state index contributed by atoms with van der Waals surface area (Å²) in [5, 5.41) is 8.27. The van der Waals surface area contributed by atoms with E-state index in [9.17, 15) is 4.79 Å². The van der Waals surface area contributed by atoms with Crippen LogP contribution in [0.15, 0.2) is 29.6 Å². The minimum atomic E-state index is -0.0174. The summed E-state index contributed by atoms with van der Waals surface area (Å²) in [7, 11) is 0. The summed E-state index contributed by atoms with van der Waals surface area (Å²) in [5.41, 5.74) is 4.57. The number of thiophene rings is 1. The minimum absolute atomic E-state index is 0.